The molecule has 0 bridgehead atoms. The minimum atomic E-state index is 0.763. The van der Waals surface area contributed by atoms with E-state index in [1.54, 1.807) is 0 Å². The number of pyridine rings is 1. The number of nitrogens with zero attached hydrogens (tertiary/aromatic N) is 2. The molecule has 0 radical (unpaired) electrons. The van der Waals surface area contributed by atoms with E-state index in [9.17, 15) is 0 Å². The predicted molar refractivity (Wildman–Crippen MR) is 69.4 cm³/mol. The Balaban J connectivity index is 1.76. The smallest absolute Gasteiger partial charge is 0.213 e. The van der Waals surface area contributed by atoms with Crippen LogP contribution in [0, 0.1) is 19.8 Å². The van der Waals surface area contributed by atoms with E-state index in [0.29, 0.717) is 0 Å². The van der Waals surface area contributed by atoms with Gasteiger partial charge in [-0.05, 0) is 51.8 Å². The topological polar surface area (TPSA) is 25.4 Å². The Labute approximate surface area is 104 Å². The summed E-state index contributed by atoms with van der Waals surface area (Å²) in [4.78, 5) is 6.81. The van der Waals surface area contributed by atoms with Crippen LogP contribution >= 0.6 is 0 Å². The number of ether oxygens (including phenoxy) is 1. The molecule has 1 unspecified atom stereocenters. The molecule has 1 aromatic heterocycles. The zero-order chi connectivity index (χ0) is 12.3. The molecule has 2 rings (SSSR count). The monoisotopic (exact) mass is 234 g/mol. The van der Waals surface area contributed by atoms with E-state index in [0.717, 1.165) is 30.5 Å². The molecule has 1 atom stereocenters. The molecule has 0 aromatic carbocycles. The quantitative estimate of drug-likeness (QED) is 0.800. The van der Waals surface area contributed by atoms with Crippen molar-refractivity contribution in [1.82, 2.24) is 9.88 Å². The number of rotatable bonds is 4. The van der Waals surface area contributed by atoms with Crippen molar-refractivity contribution in [3.05, 3.63) is 23.4 Å². The van der Waals surface area contributed by atoms with Gasteiger partial charge in [-0.25, -0.2) is 4.98 Å². The van der Waals surface area contributed by atoms with Crippen molar-refractivity contribution >= 4 is 0 Å². The second kappa shape index (κ2) is 5.50. The molecule has 0 N–H and O–H groups in total. The maximum Gasteiger partial charge on any atom is 0.213 e. The van der Waals surface area contributed by atoms with Gasteiger partial charge in [0.1, 0.15) is 0 Å². The summed E-state index contributed by atoms with van der Waals surface area (Å²) in [5.41, 5.74) is 2.28. The summed E-state index contributed by atoms with van der Waals surface area (Å²) in [5, 5.41) is 0. The molecule has 1 aliphatic rings. The Morgan fingerprint density at radius 2 is 2.24 bits per heavy atom. The van der Waals surface area contributed by atoms with Crippen LogP contribution in [0.5, 0.6) is 5.88 Å². The van der Waals surface area contributed by atoms with Crippen LogP contribution in [0.2, 0.25) is 0 Å². The molecule has 0 aliphatic carbocycles. The van der Waals surface area contributed by atoms with Gasteiger partial charge in [-0.2, -0.15) is 0 Å². The minimum Gasteiger partial charge on any atom is -0.478 e. The van der Waals surface area contributed by atoms with Crippen molar-refractivity contribution in [2.75, 3.05) is 26.7 Å². The van der Waals surface area contributed by atoms with Gasteiger partial charge in [-0.3, -0.25) is 0 Å². The van der Waals surface area contributed by atoms with Crippen LogP contribution in [0.4, 0.5) is 0 Å². The molecule has 94 valence electrons. The Morgan fingerprint density at radius 3 is 2.88 bits per heavy atom. The Morgan fingerprint density at radius 1 is 1.41 bits per heavy atom. The van der Waals surface area contributed by atoms with Gasteiger partial charge in [0.2, 0.25) is 5.88 Å². The van der Waals surface area contributed by atoms with E-state index in [4.69, 9.17) is 4.74 Å². The first-order valence-corrected chi connectivity index (χ1v) is 6.41. The second-order valence-electron chi connectivity index (χ2n) is 5.11. The molecule has 0 amide bonds. The Kier molecular flexibility index (Phi) is 4.00. The lowest BCUT2D eigenvalue weighted by Crippen LogP contribution is -2.15. The van der Waals surface area contributed by atoms with Gasteiger partial charge in [0.05, 0.1) is 6.61 Å². The summed E-state index contributed by atoms with van der Waals surface area (Å²) >= 11 is 0. The van der Waals surface area contributed by atoms with Crippen molar-refractivity contribution < 1.29 is 4.74 Å². The van der Waals surface area contributed by atoms with E-state index >= 15 is 0 Å². The summed E-state index contributed by atoms with van der Waals surface area (Å²) in [6, 6.07) is 4.03. The van der Waals surface area contributed by atoms with Gasteiger partial charge >= 0.3 is 0 Å². The van der Waals surface area contributed by atoms with Crippen LogP contribution in [0.25, 0.3) is 0 Å². The Hall–Kier alpha value is -1.09. The number of aromatic nitrogens is 1. The lowest BCUT2D eigenvalue weighted by molar-refractivity contribution is 0.267. The van der Waals surface area contributed by atoms with E-state index < -0.39 is 0 Å². The highest BCUT2D eigenvalue weighted by molar-refractivity contribution is 5.23. The predicted octanol–water partition coefficient (Wildman–Crippen LogP) is 2.42. The van der Waals surface area contributed by atoms with Gasteiger partial charge in [0, 0.05) is 18.3 Å². The van der Waals surface area contributed by atoms with Crippen molar-refractivity contribution in [2.24, 2.45) is 5.92 Å². The van der Waals surface area contributed by atoms with Gasteiger partial charge in [0.15, 0.2) is 0 Å². The van der Waals surface area contributed by atoms with Crippen LogP contribution in [0.1, 0.15) is 24.1 Å². The van der Waals surface area contributed by atoms with Crippen LogP contribution in [-0.4, -0.2) is 36.6 Å². The number of hydrogen-bond acceptors (Lipinski definition) is 3. The van der Waals surface area contributed by atoms with E-state index in [-0.39, 0.29) is 0 Å². The molecule has 3 nitrogen and oxygen atoms in total. The first-order chi connectivity index (χ1) is 8.15. The molecule has 0 saturated carbocycles. The minimum absolute atomic E-state index is 0.763. The maximum absolute atomic E-state index is 5.71. The van der Waals surface area contributed by atoms with Gasteiger partial charge in [0.25, 0.3) is 0 Å². The Bertz CT molecular complexity index is 378. The molecule has 2 heterocycles. The molecule has 17 heavy (non-hydrogen) atoms. The largest absolute Gasteiger partial charge is 0.478 e. The summed E-state index contributed by atoms with van der Waals surface area (Å²) in [7, 11) is 2.19. The van der Waals surface area contributed by atoms with Gasteiger partial charge in [-0.15, -0.1) is 0 Å². The average Bonchev–Trinajstić information content (AvgIpc) is 2.70. The zero-order valence-corrected chi connectivity index (χ0v) is 11.1. The highest BCUT2D eigenvalue weighted by Gasteiger charge is 2.18. The van der Waals surface area contributed by atoms with Crippen molar-refractivity contribution in [1.29, 1.82) is 0 Å². The number of hydrogen-bond donors (Lipinski definition) is 0. The third kappa shape index (κ3) is 3.43. The molecule has 1 fully saturated rings. The fraction of sp³-hybridized carbons (Fsp3) is 0.643. The zero-order valence-electron chi connectivity index (χ0n) is 11.1. The van der Waals surface area contributed by atoms with E-state index in [1.165, 1.54) is 25.1 Å². The average molecular weight is 234 g/mol. The molecular formula is C14H22N2O. The standard InChI is InChI=1S/C14H22N2O/c1-11-4-5-14(15-12(11)2)17-9-7-13-6-8-16(3)10-13/h4-5,13H,6-10H2,1-3H3. The summed E-state index contributed by atoms with van der Waals surface area (Å²) in [6.45, 7) is 7.32. The number of aryl methyl sites for hydroxylation is 2. The van der Waals surface area contributed by atoms with Crippen molar-refractivity contribution in [3.63, 3.8) is 0 Å². The normalized spacial score (nSPS) is 20.8. The van der Waals surface area contributed by atoms with Crippen LogP contribution < -0.4 is 4.74 Å². The van der Waals surface area contributed by atoms with Crippen molar-refractivity contribution in [3.8, 4) is 5.88 Å². The van der Waals surface area contributed by atoms with Gasteiger partial charge < -0.3 is 9.64 Å². The number of likely N-dealkylation sites (tertiary alicyclic amines) is 1. The molecule has 0 spiro atoms. The molecule has 1 aromatic rings. The molecule has 1 aliphatic heterocycles. The fourth-order valence-electron chi connectivity index (χ4n) is 2.28. The highest BCUT2D eigenvalue weighted by atomic mass is 16.5. The summed E-state index contributed by atoms with van der Waals surface area (Å²) in [5.74, 6) is 1.56. The third-order valence-corrected chi connectivity index (χ3v) is 3.59. The summed E-state index contributed by atoms with van der Waals surface area (Å²) < 4.78 is 5.71. The maximum atomic E-state index is 5.71. The fourth-order valence-corrected chi connectivity index (χ4v) is 2.28. The van der Waals surface area contributed by atoms with E-state index in [1.807, 2.05) is 13.0 Å². The van der Waals surface area contributed by atoms with E-state index in [2.05, 4.69) is 29.9 Å². The lowest BCUT2D eigenvalue weighted by atomic mass is 10.1. The highest BCUT2D eigenvalue weighted by Crippen LogP contribution is 2.18. The first kappa shape index (κ1) is 12.4. The van der Waals surface area contributed by atoms with Gasteiger partial charge in [-0.1, -0.05) is 6.07 Å². The third-order valence-electron chi connectivity index (χ3n) is 3.59. The molecular weight excluding hydrogens is 212 g/mol. The first-order valence-electron chi connectivity index (χ1n) is 6.41. The second-order valence-corrected chi connectivity index (χ2v) is 5.11. The SMILES string of the molecule is Cc1ccc(OCCC2CCN(C)C2)nc1C. The molecule has 3 heteroatoms. The van der Waals surface area contributed by atoms with Crippen LogP contribution in [-0.2, 0) is 0 Å². The van der Waals surface area contributed by atoms with Crippen LogP contribution in [0.3, 0.4) is 0 Å². The summed E-state index contributed by atoms with van der Waals surface area (Å²) in [6.07, 6.45) is 2.44. The van der Waals surface area contributed by atoms with Crippen molar-refractivity contribution in [2.45, 2.75) is 26.7 Å². The van der Waals surface area contributed by atoms with Crippen LogP contribution in [0.15, 0.2) is 12.1 Å². The lowest BCUT2D eigenvalue weighted by Gasteiger charge is -2.11. The molecule has 1 saturated heterocycles.